The van der Waals surface area contributed by atoms with Gasteiger partial charge >= 0.3 is 0 Å². The molecular formula is C11H18N2O4. The molecule has 0 aromatic heterocycles. The van der Waals surface area contributed by atoms with Gasteiger partial charge in [0.1, 0.15) is 12.6 Å². The molecule has 0 spiro atoms. The van der Waals surface area contributed by atoms with E-state index in [0.717, 1.165) is 0 Å². The highest BCUT2D eigenvalue weighted by Crippen LogP contribution is 2.10. The molecule has 0 aliphatic carbocycles. The number of methoxy groups -OCH3 is 1. The van der Waals surface area contributed by atoms with E-state index in [4.69, 9.17) is 4.74 Å². The topological polar surface area (TPSA) is 75.7 Å². The lowest BCUT2D eigenvalue weighted by molar-refractivity contribution is -0.149. The zero-order chi connectivity index (χ0) is 13.0. The third-order valence-corrected chi connectivity index (χ3v) is 2.91. The summed E-state index contributed by atoms with van der Waals surface area (Å²) in [5, 5.41) is 2.19. The van der Waals surface area contributed by atoms with Crippen LogP contribution in [0.2, 0.25) is 0 Å². The van der Waals surface area contributed by atoms with Gasteiger partial charge in [-0.25, -0.2) is 0 Å². The SMILES string of the molecule is COC(C)CCC(=O)N1CC(=O)NC(=O)C1C. The molecule has 1 aliphatic heterocycles. The van der Waals surface area contributed by atoms with Gasteiger partial charge in [-0.05, 0) is 20.3 Å². The first-order chi connectivity index (χ1) is 7.95. The van der Waals surface area contributed by atoms with Crippen LogP contribution in [0.5, 0.6) is 0 Å². The normalized spacial score (nSPS) is 22.3. The first-order valence-corrected chi connectivity index (χ1v) is 5.61. The highest BCUT2D eigenvalue weighted by Gasteiger charge is 2.33. The van der Waals surface area contributed by atoms with Gasteiger partial charge in [-0.3, -0.25) is 19.7 Å². The van der Waals surface area contributed by atoms with Gasteiger partial charge in [-0.15, -0.1) is 0 Å². The van der Waals surface area contributed by atoms with Crippen LogP contribution >= 0.6 is 0 Å². The second kappa shape index (κ2) is 5.77. The molecule has 1 fully saturated rings. The van der Waals surface area contributed by atoms with E-state index in [-0.39, 0.29) is 25.0 Å². The summed E-state index contributed by atoms with van der Waals surface area (Å²) in [7, 11) is 1.58. The summed E-state index contributed by atoms with van der Waals surface area (Å²) in [4.78, 5) is 35.7. The van der Waals surface area contributed by atoms with Crippen molar-refractivity contribution < 1.29 is 19.1 Å². The Labute approximate surface area is 100 Å². The maximum atomic E-state index is 11.9. The average molecular weight is 242 g/mol. The number of amides is 3. The third kappa shape index (κ3) is 3.52. The summed E-state index contributed by atoms with van der Waals surface area (Å²) >= 11 is 0. The molecule has 0 aromatic carbocycles. The Morgan fingerprint density at radius 2 is 2.24 bits per heavy atom. The predicted molar refractivity (Wildman–Crippen MR) is 60.0 cm³/mol. The van der Waals surface area contributed by atoms with Gasteiger partial charge < -0.3 is 9.64 Å². The maximum absolute atomic E-state index is 11.9. The van der Waals surface area contributed by atoms with Crippen LogP contribution in [-0.4, -0.2) is 48.4 Å². The number of hydrogen-bond donors (Lipinski definition) is 1. The van der Waals surface area contributed by atoms with Gasteiger partial charge in [0.2, 0.25) is 17.7 Å². The fourth-order valence-electron chi connectivity index (χ4n) is 1.61. The summed E-state index contributed by atoms with van der Waals surface area (Å²) in [6, 6.07) is -0.585. The quantitative estimate of drug-likeness (QED) is 0.685. The number of nitrogens with one attached hydrogen (secondary N) is 1. The molecule has 6 nitrogen and oxygen atoms in total. The zero-order valence-electron chi connectivity index (χ0n) is 10.4. The average Bonchev–Trinajstić information content (AvgIpc) is 2.30. The molecule has 0 radical (unpaired) electrons. The van der Waals surface area contributed by atoms with Crippen molar-refractivity contribution in [1.82, 2.24) is 10.2 Å². The van der Waals surface area contributed by atoms with Crippen LogP contribution in [0.1, 0.15) is 26.7 Å². The van der Waals surface area contributed by atoms with E-state index in [9.17, 15) is 14.4 Å². The predicted octanol–water partition coefficient (Wildman–Crippen LogP) is -0.325. The van der Waals surface area contributed by atoms with Gasteiger partial charge in [0.25, 0.3) is 0 Å². The maximum Gasteiger partial charge on any atom is 0.249 e. The molecule has 3 amide bonds. The van der Waals surface area contributed by atoms with Crippen molar-refractivity contribution in [2.24, 2.45) is 0 Å². The van der Waals surface area contributed by atoms with Gasteiger partial charge in [0, 0.05) is 13.5 Å². The number of carbonyl (C=O) groups is 3. The zero-order valence-corrected chi connectivity index (χ0v) is 10.4. The van der Waals surface area contributed by atoms with Gasteiger partial charge in [0.05, 0.1) is 6.10 Å². The number of carbonyl (C=O) groups excluding carboxylic acids is 3. The standard InChI is InChI=1S/C11H18N2O4/c1-7(17-3)4-5-10(15)13-6-9(14)12-11(16)8(13)2/h7-8H,4-6H2,1-3H3,(H,12,14,16). The Kier molecular flexibility index (Phi) is 4.62. The number of hydrogen-bond acceptors (Lipinski definition) is 4. The largest absolute Gasteiger partial charge is 0.382 e. The van der Waals surface area contributed by atoms with Crippen LogP contribution in [0.15, 0.2) is 0 Å². The summed E-state index contributed by atoms with van der Waals surface area (Å²) in [5.41, 5.74) is 0. The van der Waals surface area contributed by atoms with E-state index in [0.29, 0.717) is 6.42 Å². The molecule has 1 saturated heterocycles. The summed E-state index contributed by atoms with van der Waals surface area (Å²) in [6.07, 6.45) is 0.845. The highest BCUT2D eigenvalue weighted by atomic mass is 16.5. The van der Waals surface area contributed by atoms with E-state index >= 15 is 0 Å². The monoisotopic (exact) mass is 242 g/mol. The summed E-state index contributed by atoms with van der Waals surface area (Å²) in [5.74, 6) is -1.04. The second-order valence-corrected chi connectivity index (χ2v) is 4.20. The molecule has 2 unspecified atom stereocenters. The van der Waals surface area contributed by atoms with E-state index in [1.54, 1.807) is 14.0 Å². The number of nitrogens with zero attached hydrogens (tertiary/aromatic N) is 1. The summed E-state index contributed by atoms with van der Waals surface area (Å²) < 4.78 is 5.04. The number of piperazine rings is 1. The minimum absolute atomic E-state index is 0.0106. The molecule has 17 heavy (non-hydrogen) atoms. The third-order valence-electron chi connectivity index (χ3n) is 2.91. The minimum atomic E-state index is -0.585. The Bertz CT molecular complexity index is 329. The lowest BCUT2D eigenvalue weighted by atomic mass is 10.1. The molecule has 96 valence electrons. The molecular weight excluding hydrogens is 224 g/mol. The Morgan fingerprint density at radius 1 is 1.59 bits per heavy atom. The molecule has 1 rings (SSSR count). The van der Waals surface area contributed by atoms with Crippen LogP contribution < -0.4 is 5.32 Å². The molecule has 0 aromatic rings. The van der Waals surface area contributed by atoms with Gasteiger partial charge in [-0.1, -0.05) is 0 Å². The molecule has 1 aliphatic rings. The van der Waals surface area contributed by atoms with Gasteiger partial charge in [-0.2, -0.15) is 0 Å². The second-order valence-electron chi connectivity index (χ2n) is 4.20. The van der Waals surface area contributed by atoms with Crippen LogP contribution in [0, 0.1) is 0 Å². The van der Waals surface area contributed by atoms with Crippen molar-refractivity contribution in [3.05, 3.63) is 0 Å². The number of rotatable bonds is 4. The van der Waals surface area contributed by atoms with E-state index in [1.807, 2.05) is 6.92 Å². The fourth-order valence-corrected chi connectivity index (χ4v) is 1.61. The molecule has 2 atom stereocenters. The molecule has 0 saturated carbocycles. The molecule has 1 N–H and O–H groups in total. The van der Waals surface area contributed by atoms with Crippen molar-refractivity contribution >= 4 is 17.7 Å². The minimum Gasteiger partial charge on any atom is -0.382 e. The van der Waals surface area contributed by atoms with E-state index in [2.05, 4.69) is 5.32 Å². The van der Waals surface area contributed by atoms with E-state index in [1.165, 1.54) is 4.90 Å². The highest BCUT2D eigenvalue weighted by molar-refractivity contribution is 6.04. The van der Waals surface area contributed by atoms with Crippen molar-refractivity contribution in [3.63, 3.8) is 0 Å². The number of ether oxygens (including phenoxy) is 1. The molecule has 6 heteroatoms. The van der Waals surface area contributed by atoms with E-state index < -0.39 is 17.9 Å². The van der Waals surface area contributed by atoms with Gasteiger partial charge in [0.15, 0.2) is 0 Å². The molecule has 0 bridgehead atoms. The fraction of sp³-hybridized carbons (Fsp3) is 0.727. The lowest BCUT2D eigenvalue weighted by Gasteiger charge is -2.31. The van der Waals surface area contributed by atoms with Crippen molar-refractivity contribution in [3.8, 4) is 0 Å². The Morgan fingerprint density at radius 3 is 2.82 bits per heavy atom. The Balaban J connectivity index is 2.55. The van der Waals surface area contributed by atoms with Crippen molar-refractivity contribution in [2.75, 3.05) is 13.7 Å². The van der Waals surface area contributed by atoms with Crippen molar-refractivity contribution in [2.45, 2.75) is 38.8 Å². The van der Waals surface area contributed by atoms with Crippen LogP contribution in [0.3, 0.4) is 0 Å². The summed E-state index contributed by atoms with van der Waals surface area (Å²) in [6.45, 7) is 3.43. The van der Waals surface area contributed by atoms with Crippen LogP contribution in [0.25, 0.3) is 0 Å². The smallest absolute Gasteiger partial charge is 0.249 e. The first-order valence-electron chi connectivity index (χ1n) is 5.61. The van der Waals surface area contributed by atoms with Crippen LogP contribution in [0.4, 0.5) is 0 Å². The van der Waals surface area contributed by atoms with Crippen molar-refractivity contribution in [1.29, 1.82) is 0 Å². The Hall–Kier alpha value is -1.43. The van der Waals surface area contributed by atoms with Crippen LogP contribution in [-0.2, 0) is 19.1 Å². The lowest BCUT2D eigenvalue weighted by Crippen LogP contribution is -2.58. The number of imide groups is 1. The molecule has 1 heterocycles. The first kappa shape index (κ1) is 13.6.